The molecular weight excluding hydrogens is 356 g/mol. The first-order valence-corrected chi connectivity index (χ1v) is 9.89. The number of hydrogen-bond donors (Lipinski definition) is 1. The molecule has 0 aliphatic carbocycles. The van der Waals surface area contributed by atoms with Crippen LogP contribution in [-0.2, 0) is 22.6 Å². The Balaban J connectivity index is 1.87. The lowest BCUT2D eigenvalue weighted by molar-refractivity contribution is -0.132. The highest BCUT2D eigenvalue weighted by molar-refractivity contribution is 7.10. The zero-order valence-electron chi connectivity index (χ0n) is 14.8. The van der Waals surface area contributed by atoms with Gasteiger partial charge >= 0.3 is 6.09 Å². The van der Waals surface area contributed by atoms with Gasteiger partial charge in [-0.1, -0.05) is 12.1 Å². The molecule has 2 aromatic heterocycles. The second-order valence-electron chi connectivity index (χ2n) is 6.59. The van der Waals surface area contributed by atoms with Gasteiger partial charge in [-0.15, -0.1) is 22.7 Å². The first-order valence-electron chi connectivity index (χ1n) is 8.13. The number of rotatable bonds is 7. The van der Waals surface area contributed by atoms with Gasteiger partial charge in [0.15, 0.2) is 0 Å². The molecule has 0 radical (unpaired) electrons. The Morgan fingerprint density at radius 3 is 2.08 bits per heavy atom. The van der Waals surface area contributed by atoms with E-state index in [1.807, 2.05) is 60.7 Å². The van der Waals surface area contributed by atoms with Crippen molar-refractivity contribution in [2.45, 2.75) is 45.9 Å². The van der Waals surface area contributed by atoms with Crippen LogP contribution in [-0.4, -0.2) is 29.0 Å². The molecule has 2 aromatic rings. The van der Waals surface area contributed by atoms with Crippen molar-refractivity contribution in [3.05, 3.63) is 44.8 Å². The molecule has 2 rings (SSSR count). The molecule has 0 aliphatic rings. The number of carbonyl (C=O) groups is 2. The van der Waals surface area contributed by atoms with Gasteiger partial charge in [-0.25, -0.2) is 4.79 Å². The third-order valence-corrected chi connectivity index (χ3v) is 4.94. The summed E-state index contributed by atoms with van der Waals surface area (Å²) in [5.41, 5.74) is -0.543. The normalized spacial score (nSPS) is 11.2. The molecule has 1 N–H and O–H groups in total. The molecule has 2 heterocycles. The van der Waals surface area contributed by atoms with Gasteiger partial charge in [0.25, 0.3) is 0 Å². The average molecular weight is 381 g/mol. The molecule has 0 bridgehead atoms. The maximum Gasteiger partial charge on any atom is 0.407 e. The van der Waals surface area contributed by atoms with Crippen LogP contribution >= 0.6 is 22.7 Å². The zero-order valence-corrected chi connectivity index (χ0v) is 16.4. The van der Waals surface area contributed by atoms with Crippen LogP contribution in [0.4, 0.5) is 4.79 Å². The summed E-state index contributed by atoms with van der Waals surface area (Å²) in [5, 5.41) is 6.65. The fraction of sp³-hybridized carbons (Fsp3) is 0.444. The first kappa shape index (κ1) is 19.5. The molecule has 2 amide bonds. The SMILES string of the molecule is CC(C)(C)OC(=O)NCCC(=O)N(Cc1cccs1)Cc1cccs1. The van der Waals surface area contributed by atoms with E-state index in [9.17, 15) is 9.59 Å². The minimum absolute atomic E-state index is 0.0119. The van der Waals surface area contributed by atoms with Gasteiger partial charge in [0.1, 0.15) is 5.60 Å². The summed E-state index contributed by atoms with van der Waals surface area (Å²) in [6, 6.07) is 8.02. The molecule has 0 fully saturated rings. The predicted molar refractivity (Wildman–Crippen MR) is 102 cm³/mol. The smallest absolute Gasteiger partial charge is 0.407 e. The number of amides is 2. The first-order chi connectivity index (χ1) is 11.8. The molecule has 0 unspecified atom stereocenters. The van der Waals surface area contributed by atoms with Gasteiger partial charge in [0.2, 0.25) is 5.91 Å². The average Bonchev–Trinajstić information content (AvgIpc) is 3.18. The van der Waals surface area contributed by atoms with E-state index in [2.05, 4.69) is 5.32 Å². The van der Waals surface area contributed by atoms with E-state index < -0.39 is 11.7 Å². The summed E-state index contributed by atoms with van der Waals surface area (Å²) in [6.07, 6.45) is -0.251. The number of ether oxygens (including phenoxy) is 1. The molecule has 0 atom stereocenters. The Bertz CT molecular complexity index is 625. The highest BCUT2D eigenvalue weighted by Gasteiger charge is 2.18. The van der Waals surface area contributed by atoms with E-state index in [0.717, 1.165) is 9.75 Å². The summed E-state index contributed by atoms with van der Waals surface area (Å²) < 4.78 is 5.18. The molecule has 5 nitrogen and oxygen atoms in total. The quantitative estimate of drug-likeness (QED) is 0.781. The van der Waals surface area contributed by atoms with Gasteiger partial charge in [-0.3, -0.25) is 4.79 Å². The summed E-state index contributed by atoms with van der Waals surface area (Å²) in [4.78, 5) is 28.4. The van der Waals surface area contributed by atoms with Gasteiger partial charge in [0, 0.05) is 22.7 Å². The van der Waals surface area contributed by atoms with Crippen molar-refractivity contribution in [1.82, 2.24) is 10.2 Å². The predicted octanol–water partition coefficient (Wildman–Crippen LogP) is 4.25. The Labute approximate surface area is 156 Å². The van der Waals surface area contributed by atoms with Crippen LogP contribution in [0.25, 0.3) is 0 Å². The Morgan fingerprint density at radius 2 is 1.64 bits per heavy atom. The molecule has 136 valence electrons. The summed E-state index contributed by atoms with van der Waals surface area (Å²) in [5.74, 6) is 0.0119. The third-order valence-electron chi connectivity index (χ3n) is 3.21. The summed E-state index contributed by atoms with van der Waals surface area (Å²) >= 11 is 3.27. The lowest BCUT2D eigenvalue weighted by Crippen LogP contribution is -2.36. The van der Waals surface area contributed by atoms with Crippen LogP contribution in [0.1, 0.15) is 36.9 Å². The zero-order chi connectivity index (χ0) is 18.3. The fourth-order valence-electron chi connectivity index (χ4n) is 2.16. The van der Waals surface area contributed by atoms with Crippen molar-refractivity contribution in [3.63, 3.8) is 0 Å². The largest absolute Gasteiger partial charge is 0.444 e. The molecule has 25 heavy (non-hydrogen) atoms. The third kappa shape index (κ3) is 7.27. The van der Waals surface area contributed by atoms with Crippen LogP contribution in [0.15, 0.2) is 35.0 Å². The van der Waals surface area contributed by atoms with Crippen molar-refractivity contribution < 1.29 is 14.3 Å². The Hall–Kier alpha value is -1.86. The molecule has 0 spiro atoms. The van der Waals surface area contributed by atoms with Crippen LogP contribution in [0, 0.1) is 0 Å². The Morgan fingerprint density at radius 1 is 1.08 bits per heavy atom. The van der Waals surface area contributed by atoms with E-state index >= 15 is 0 Å². The van der Waals surface area contributed by atoms with Crippen LogP contribution in [0.3, 0.4) is 0 Å². The van der Waals surface area contributed by atoms with Gasteiger partial charge < -0.3 is 15.0 Å². The standard InChI is InChI=1S/C18H24N2O3S2/c1-18(2,3)23-17(22)19-9-8-16(21)20(12-14-6-4-10-24-14)13-15-7-5-11-25-15/h4-7,10-11H,8-9,12-13H2,1-3H3,(H,19,22). The maximum atomic E-state index is 12.6. The summed E-state index contributed by atoms with van der Waals surface area (Å²) in [7, 11) is 0. The summed E-state index contributed by atoms with van der Waals surface area (Å²) in [6.45, 7) is 6.85. The van der Waals surface area contributed by atoms with Crippen molar-refractivity contribution in [2.24, 2.45) is 0 Å². The van der Waals surface area contributed by atoms with Crippen molar-refractivity contribution in [3.8, 4) is 0 Å². The molecule has 0 saturated heterocycles. The number of hydrogen-bond acceptors (Lipinski definition) is 5. The number of carbonyl (C=O) groups excluding carboxylic acids is 2. The monoisotopic (exact) mass is 380 g/mol. The molecule has 7 heteroatoms. The van der Waals surface area contributed by atoms with E-state index in [-0.39, 0.29) is 18.9 Å². The van der Waals surface area contributed by atoms with Gasteiger partial charge in [-0.2, -0.15) is 0 Å². The van der Waals surface area contributed by atoms with E-state index in [4.69, 9.17) is 4.74 Å². The molecular formula is C18H24N2O3S2. The highest BCUT2D eigenvalue weighted by Crippen LogP contribution is 2.18. The van der Waals surface area contributed by atoms with Crippen molar-refractivity contribution in [2.75, 3.05) is 6.54 Å². The highest BCUT2D eigenvalue weighted by atomic mass is 32.1. The number of thiophene rings is 2. The number of nitrogens with zero attached hydrogens (tertiary/aromatic N) is 1. The Kier molecular flexibility index (Phi) is 7.01. The number of nitrogens with one attached hydrogen (secondary N) is 1. The minimum Gasteiger partial charge on any atom is -0.444 e. The molecule has 0 aromatic carbocycles. The number of alkyl carbamates (subject to hydrolysis) is 1. The second kappa shape index (κ2) is 9.01. The maximum absolute atomic E-state index is 12.6. The molecule has 0 saturated carbocycles. The van der Waals surface area contributed by atoms with E-state index in [1.165, 1.54) is 0 Å². The van der Waals surface area contributed by atoms with E-state index in [0.29, 0.717) is 13.1 Å². The van der Waals surface area contributed by atoms with Crippen molar-refractivity contribution >= 4 is 34.7 Å². The second-order valence-corrected chi connectivity index (χ2v) is 8.65. The van der Waals surface area contributed by atoms with Crippen molar-refractivity contribution in [1.29, 1.82) is 0 Å². The van der Waals surface area contributed by atoms with E-state index in [1.54, 1.807) is 22.7 Å². The van der Waals surface area contributed by atoms with Crippen LogP contribution in [0.5, 0.6) is 0 Å². The fourth-order valence-corrected chi connectivity index (χ4v) is 3.60. The lowest BCUT2D eigenvalue weighted by atomic mass is 10.2. The van der Waals surface area contributed by atoms with Gasteiger partial charge in [0.05, 0.1) is 13.1 Å². The van der Waals surface area contributed by atoms with Gasteiger partial charge in [-0.05, 0) is 43.7 Å². The lowest BCUT2D eigenvalue weighted by Gasteiger charge is -2.22. The minimum atomic E-state index is -0.543. The topological polar surface area (TPSA) is 58.6 Å². The van der Waals surface area contributed by atoms with Crippen LogP contribution < -0.4 is 5.32 Å². The molecule has 0 aliphatic heterocycles. The van der Waals surface area contributed by atoms with Crippen LogP contribution in [0.2, 0.25) is 0 Å².